The highest BCUT2D eigenvalue weighted by atomic mass is 35.5. The van der Waals surface area contributed by atoms with Gasteiger partial charge < -0.3 is 4.74 Å². The number of halogens is 1. The number of hydrogen-bond acceptors (Lipinski definition) is 5. The van der Waals surface area contributed by atoms with Crippen molar-refractivity contribution in [2.24, 2.45) is 0 Å². The van der Waals surface area contributed by atoms with Crippen LogP contribution < -0.4 is 4.74 Å². The van der Waals surface area contributed by atoms with Crippen molar-refractivity contribution in [3.8, 4) is 17.0 Å². The van der Waals surface area contributed by atoms with Crippen LogP contribution in [-0.2, 0) is 5.75 Å². The first-order chi connectivity index (χ1) is 12.7. The third-order valence-electron chi connectivity index (χ3n) is 3.88. The molecule has 2 aromatic carbocycles. The number of fused-ring (bicyclic) bond motifs is 1. The van der Waals surface area contributed by atoms with E-state index in [1.54, 1.807) is 23.4 Å². The molecule has 0 unspecified atom stereocenters. The fraction of sp³-hybridized carbons (Fsp3) is 0.105. The lowest BCUT2D eigenvalue weighted by Crippen LogP contribution is -1.97. The topological polar surface area (TPSA) is 52.3 Å². The van der Waals surface area contributed by atoms with Gasteiger partial charge in [0.05, 0.1) is 12.8 Å². The monoisotopic (exact) mass is 382 g/mol. The van der Waals surface area contributed by atoms with Gasteiger partial charge in [0.1, 0.15) is 5.75 Å². The molecular weight excluding hydrogens is 368 g/mol. The van der Waals surface area contributed by atoms with E-state index in [2.05, 4.69) is 10.2 Å². The van der Waals surface area contributed by atoms with Gasteiger partial charge in [-0.05, 0) is 42.0 Å². The summed E-state index contributed by atoms with van der Waals surface area (Å²) in [5.41, 5.74) is 3.70. The first-order valence-electron chi connectivity index (χ1n) is 7.97. The van der Waals surface area contributed by atoms with Crippen LogP contribution in [0.2, 0.25) is 5.02 Å². The second-order valence-electron chi connectivity index (χ2n) is 5.62. The zero-order chi connectivity index (χ0) is 17.9. The van der Waals surface area contributed by atoms with Crippen molar-refractivity contribution in [2.45, 2.75) is 10.9 Å². The first-order valence-corrected chi connectivity index (χ1v) is 9.33. The summed E-state index contributed by atoms with van der Waals surface area (Å²) in [4.78, 5) is 0. The lowest BCUT2D eigenvalue weighted by molar-refractivity contribution is 0.415. The van der Waals surface area contributed by atoms with Crippen LogP contribution in [0.3, 0.4) is 0 Å². The van der Waals surface area contributed by atoms with Gasteiger partial charge in [0, 0.05) is 16.3 Å². The van der Waals surface area contributed by atoms with Crippen LogP contribution in [-0.4, -0.2) is 26.9 Å². The number of methoxy groups -OCH3 is 1. The molecule has 2 heterocycles. The van der Waals surface area contributed by atoms with E-state index in [4.69, 9.17) is 21.4 Å². The van der Waals surface area contributed by atoms with Gasteiger partial charge in [-0.15, -0.1) is 10.2 Å². The molecule has 0 radical (unpaired) electrons. The maximum atomic E-state index is 5.93. The van der Waals surface area contributed by atoms with Crippen LogP contribution in [0.1, 0.15) is 5.56 Å². The summed E-state index contributed by atoms with van der Waals surface area (Å²) in [5.74, 6) is 1.56. The molecule has 0 aliphatic heterocycles. The maximum absolute atomic E-state index is 5.93. The number of rotatable bonds is 5. The van der Waals surface area contributed by atoms with E-state index in [1.165, 1.54) is 5.56 Å². The molecule has 4 aromatic rings. The Labute approximate surface area is 160 Å². The molecule has 5 nitrogen and oxygen atoms in total. The first kappa shape index (κ1) is 16.9. The Balaban J connectivity index is 1.62. The number of ether oxygens (including phenoxy) is 1. The average Bonchev–Trinajstić information content (AvgIpc) is 3.10. The van der Waals surface area contributed by atoms with Crippen molar-refractivity contribution in [2.75, 3.05) is 7.11 Å². The fourth-order valence-electron chi connectivity index (χ4n) is 2.52. The Hall–Kier alpha value is -2.57. The zero-order valence-corrected chi connectivity index (χ0v) is 15.5. The van der Waals surface area contributed by atoms with Gasteiger partial charge in [-0.2, -0.15) is 9.61 Å². The van der Waals surface area contributed by atoms with E-state index in [0.717, 1.165) is 38.6 Å². The van der Waals surface area contributed by atoms with Gasteiger partial charge >= 0.3 is 0 Å². The molecule has 0 spiro atoms. The van der Waals surface area contributed by atoms with E-state index in [1.807, 2.05) is 60.7 Å². The number of benzene rings is 2. The second-order valence-corrected chi connectivity index (χ2v) is 7.00. The van der Waals surface area contributed by atoms with Gasteiger partial charge in [0.2, 0.25) is 5.16 Å². The van der Waals surface area contributed by atoms with Crippen LogP contribution in [0.5, 0.6) is 5.75 Å². The quantitative estimate of drug-likeness (QED) is 0.466. The van der Waals surface area contributed by atoms with Gasteiger partial charge in [-0.3, -0.25) is 0 Å². The summed E-state index contributed by atoms with van der Waals surface area (Å²) in [6, 6.07) is 19.5. The third-order valence-corrected chi connectivity index (χ3v) is 5.12. The van der Waals surface area contributed by atoms with E-state index in [-0.39, 0.29) is 0 Å². The Morgan fingerprint density at radius 2 is 1.88 bits per heavy atom. The molecule has 4 rings (SSSR count). The van der Waals surface area contributed by atoms with Gasteiger partial charge in [0.15, 0.2) is 5.65 Å². The summed E-state index contributed by atoms with van der Waals surface area (Å²) >= 11 is 7.52. The molecule has 0 saturated heterocycles. The molecule has 0 atom stereocenters. The molecule has 0 N–H and O–H groups in total. The van der Waals surface area contributed by atoms with Crippen molar-refractivity contribution >= 4 is 29.0 Å². The normalized spacial score (nSPS) is 11.0. The van der Waals surface area contributed by atoms with Crippen LogP contribution in [0.4, 0.5) is 0 Å². The van der Waals surface area contributed by atoms with Gasteiger partial charge in [-0.1, -0.05) is 47.6 Å². The predicted octanol–water partition coefficient (Wildman–Crippen LogP) is 4.75. The minimum absolute atomic E-state index is 0.718. The predicted molar refractivity (Wildman–Crippen MR) is 104 cm³/mol. The van der Waals surface area contributed by atoms with Crippen LogP contribution in [0, 0.1) is 0 Å². The molecule has 0 amide bonds. The summed E-state index contributed by atoms with van der Waals surface area (Å²) in [5, 5.41) is 14.6. The van der Waals surface area contributed by atoms with E-state index < -0.39 is 0 Å². The van der Waals surface area contributed by atoms with Crippen molar-refractivity contribution < 1.29 is 4.74 Å². The Kier molecular flexibility index (Phi) is 4.77. The third kappa shape index (κ3) is 3.52. The standard InChI is InChI=1S/C19H15ClN4OS/c1-25-16-4-2-3-14(11-16)17-9-10-18-21-22-19(24(18)23-17)26-12-13-5-7-15(20)8-6-13/h2-11H,12H2,1H3. The largest absolute Gasteiger partial charge is 0.497 e. The molecule has 2 aromatic heterocycles. The Bertz CT molecular complexity index is 1050. The molecular formula is C19H15ClN4OS. The average molecular weight is 383 g/mol. The lowest BCUT2D eigenvalue weighted by atomic mass is 10.1. The Morgan fingerprint density at radius 1 is 1.04 bits per heavy atom. The van der Waals surface area contributed by atoms with Gasteiger partial charge in [-0.25, -0.2) is 0 Å². The van der Waals surface area contributed by atoms with Crippen LogP contribution in [0.25, 0.3) is 16.9 Å². The van der Waals surface area contributed by atoms with E-state index in [9.17, 15) is 0 Å². The molecule has 0 saturated carbocycles. The Morgan fingerprint density at radius 3 is 2.69 bits per heavy atom. The van der Waals surface area contributed by atoms with Crippen molar-refractivity contribution in [1.82, 2.24) is 19.8 Å². The van der Waals surface area contributed by atoms with Crippen molar-refractivity contribution in [3.05, 3.63) is 71.2 Å². The minimum Gasteiger partial charge on any atom is -0.497 e. The number of hydrogen-bond donors (Lipinski definition) is 0. The SMILES string of the molecule is COc1cccc(-c2ccc3nnc(SCc4ccc(Cl)cc4)n3n2)c1. The summed E-state index contributed by atoms with van der Waals surface area (Å²) < 4.78 is 7.07. The number of thioether (sulfide) groups is 1. The molecule has 26 heavy (non-hydrogen) atoms. The highest BCUT2D eigenvalue weighted by Gasteiger charge is 2.10. The lowest BCUT2D eigenvalue weighted by Gasteiger charge is -2.05. The molecule has 0 fully saturated rings. The van der Waals surface area contributed by atoms with Crippen molar-refractivity contribution in [1.29, 1.82) is 0 Å². The van der Waals surface area contributed by atoms with E-state index >= 15 is 0 Å². The number of nitrogens with zero attached hydrogens (tertiary/aromatic N) is 4. The molecule has 130 valence electrons. The highest BCUT2D eigenvalue weighted by molar-refractivity contribution is 7.98. The minimum atomic E-state index is 0.718. The molecule has 0 aliphatic carbocycles. The fourth-order valence-corrected chi connectivity index (χ4v) is 3.49. The maximum Gasteiger partial charge on any atom is 0.212 e. The smallest absolute Gasteiger partial charge is 0.212 e. The van der Waals surface area contributed by atoms with Crippen LogP contribution in [0.15, 0.2) is 65.8 Å². The summed E-state index contributed by atoms with van der Waals surface area (Å²) in [6.45, 7) is 0. The van der Waals surface area contributed by atoms with Crippen molar-refractivity contribution in [3.63, 3.8) is 0 Å². The molecule has 7 heteroatoms. The number of aromatic nitrogens is 4. The summed E-state index contributed by atoms with van der Waals surface area (Å²) in [7, 11) is 1.65. The summed E-state index contributed by atoms with van der Waals surface area (Å²) in [6.07, 6.45) is 0. The van der Waals surface area contributed by atoms with E-state index in [0.29, 0.717) is 0 Å². The van der Waals surface area contributed by atoms with Gasteiger partial charge in [0.25, 0.3) is 0 Å². The van der Waals surface area contributed by atoms with Crippen LogP contribution >= 0.6 is 23.4 Å². The highest BCUT2D eigenvalue weighted by Crippen LogP contribution is 2.25. The molecule has 0 bridgehead atoms. The molecule has 0 aliphatic rings. The second kappa shape index (κ2) is 7.35. The zero-order valence-electron chi connectivity index (χ0n) is 14.0.